The summed E-state index contributed by atoms with van der Waals surface area (Å²) in [4.78, 5) is 6.88. The van der Waals surface area contributed by atoms with Crippen LogP contribution in [0.25, 0.3) is 0 Å². The fourth-order valence-electron chi connectivity index (χ4n) is 3.79. The molecular formula is C22H38N4O4. The summed E-state index contributed by atoms with van der Waals surface area (Å²) in [6.45, 7) is 9.67. The standard InChI is InChI=1S/C22H38N4O4/c1-16(2)18(26-11-13-30-14-12-26)15-25-22(23-3)24-10-9-17-7-8-19(27-4)21(29-6)20(17)28-5/h7-8,16,18H,9-15H2,1-6H3,(H2,23,24,25). The molecule has 0 bridgehead atoms. The number of hydrogen-bond donors (Lipinski definition) is 2. The third-order valence-corrected chi connectivity index (χ3v) is 5.46. The van der Waals surface area contributed by atoms with Crippen molar-refractivity contribution in [3.8, 4) is 17.2 Å². The normalized spacial score (nSPS) is 16.3. The second-order valence-electron chi connectivity index (χ2n) is 7.58. The van der Waals surface area contributed by atoms with Gasteiger partial charge in [0.25, 0.3) is 0 Å². The molecule has 0 spiro atoms. The number of nitrogens with one attached hydrogen (secondary N) is 2. The molecule has 170 valence electrons. The zero-order chi connectivity index (χ0) is 21.9. The Balaban J connectivity index is 1.91. The van der Waals surface area contributed by atoms with Crippen LogP contribution >= 0.6 is 0 Å². The van der Waals surface area contributed by atoms with Gasteiger partial charge in [-0.05, 0) is 18.4 Å². The van der Waals surface area contributed by atoms with Crippen molar-refractivity contribution < 1.29 is 18.9 Å². The first-order chi connectivity index (χ1) is 14.5. The summed E-state index contributed by atoms with van der Waals surface area (Å²) in [5.74, 6) is 3.32. The summed E-state index contributed by atoms with van der Waals surface area (Å²) in [7, 11) is 6.68. The second kappa shape index (κ2) is 12.5. The average Bonchev–Trinajstić information content (AvgIpc) is 2.77. The van der Waals surface area contributed by atoms with Gasteiger partial charge in [-0.25, -0.2) is 0 Å². The van der Waals surface area contributed by atoms with E-state index in [2.05, 4.69) is 34.4 Å². The smallest absolute Gasteiger partial charge is 0.203 e. The molecule has 1 aliphatic rings. The van der Waals surface area contributed by atoms with Gasteiger partial charge in [0.1, 0.15) is 0 Å². The summed E-state index contributed by atoms with van der Waals surface area (Å²) in [5.41, 5.74) is 1.05. The molecule has 8 heteroatoms. The molecule has 0 amide bonds. The topological polar surface area (TPSA) is 76.6 Å². The largest absolute Gasteiger partial charge is 0.493 e. The molecule has 1 aliphatic heterocycles. The monoisotopic (exact) mass is 422 g/mol. The number of morpholine rings is 1. The van der Waals surface area contributed by atoms with Gasteiger partial charge in [-0.1, -0.05) is 19.9 Å². The minimum Gasteiger partial charge on any atom is -0.493 e. The minimum absolute atomic E-state index is 0.443. The number of benzene rings is 1. The molecule has 1 atom stereocenters. The molecule has 1 unspecified atom stereocenters. The summed E-state index contributed by atoms with van der Waals surface area (Å²) in [6.07, 6.45) is 0.765. The minimum atomic E-state index is 0.443. The van der Waals surface area contributed by atoms with E-state index in [1.165, 1.54) is 0 Å². The van der Waals surface area contributed by atoms with Gasteiger partial charge in [0, 0.05) is 44.8 Å². The Morgan fingerprint density at radius 1 is 1.07 bits per heavy atom. The SMILES string of the molecule is CN=C(NCCc1ccc(OC)c(OC)c1OC)NCC(C(C)C)N1CCOCC1. The Bertz CT molecular complexity index is 675. The molecule has 2 rings (SSSR count). The lowest BCUT2D eigenvalue weighted by Gasteiger charge is -2.37. The molecule has 1 saturated heterocycles. The summed E-state index contributed by atoms with van der Waals surface area (Å²) in [6, 6.07) is 4.35. The molecule has 1 fully saturated rings. The van der Waals surface area contributed by atoms with Crippen LogP contribution in [0, 0.1) is 5.92 Å². The van der Waals surface area contributed by atoms with Gasteiger partial charge in [-0.15, -0.1) is 0 Å². The molecule has 0 saturated carbocycles. The van der Waals surface area contributed by atoms with Gasteiger partial charge >= 0.3 is 0 Å². The van der Waals surface area contributed by atoms with Crippen LogP contribution in [0.3, 0.4) is 0 Å². The van der Waals surface area contributed by atoms with Crippen LogP contribution in [0.4, 0.5) is 0 Å². The van der Waals surface area contributed by atoms with E-state index in [0.717, 1.165) is 57.3 Å². The van der Waals surface area contributed by atoms with Crippen LogP contribution in [0.2, 0.25) is 0 Å². The fraction of sp³-hybridized carbons (Fsp3) is 0.682. The highest BCUT2D eigenvalue weighted by atomic mass is 16.5. The van der Waals surface area contributed by atoms with Gasteiger partial charge in [0.05, 0.1) is 34.5 Å². The van der Waals surface area contributed by atoms with Gasteiger partial charge in [0.2, 0.25) is 5.75 Å². The highest BCUT2D eigenvalue weighted by molar-refractivity contribution is 5.79. The van der Waals surface area contributed by atoms with Gasteiger partial charge < -0.3 is 29.6 Å². The van der Waals surface area contributed by atoms with Crippen molar-refractivity contribution in [2.45, 2.75) is 26.3 Å². The Labute approximate surface area is 180 Å². The summed E-state index contributed by atoms with van der Waals surface area (Å²) < 4.78 is 21.9. The summed E-state index contributed by atoms with van der Waals surface area (Å²) >= 11 is 0. The fourth-order valence-corrected chi connectivity index (χ4v) is 3.79. The lowest BCUT2D eigenvalue weighted by Crippen LogP contribution is -2.52. The van der Waals surface area contributed by atoms with Crippen molar-refractivity contribution in [3.63, 3.8) is 0 Å². The molecule has 0 aromatic heterocycles. The lowest BCUT2D eigenvalue weighted by atomic mass is 10.0. The van der Waals surface area contributed by atoms with Gasteiger partial charge in [-0.2, -0.15) is 0 Å². The molecule has 0 aliphatic carbocycles. The first-order valence-electron chi connectivity index (χ1n) is 10.6. The zero-order valence-electron chi connectivity index (χ0n) is 19.3. The summed E-state index contributed by atoms with van der Waals surface area (Å²) in [5, 5.41) is 6.88. The van der Waals surface area contributed by atoms with Crippen LogP contribution < -0.4 is 24.8 Å². The number of hydrogen-bond acceptors (Lipinski definition) is 6. The molecule has 1 aromatic rings. The third-order valence-electron chi connectivity index (χ3n) is 5.46. The predicted molar refractivity (Wildman–Crippen MR) is 120 cm³/mol. The van der Waals surface area contributed by atoms with Crippen molar-refractivity contribution in [2.24, 2.45) is 10.9 Å². The van der Waals surface area contributed by atoms with E-state index in [1.54, 1.807) is 28.4 Å². The maximum atomic E-state index is 5.57. The van der Waals surface area contributed by atoms with Crippen molar-refractivity contribution >= 4 is 5.96 Å². The molecule has 30 heavy (non-hydrogen) atoms. The van der Waals surface area contributed by atoms with E-state index in [0.29, 0.717) is 29.2 Å². The maximum Gasteiger partial charge on any atom is 0.203 e. The average molecular weight is 423 g/mol. The van der Waals surface area contributed by atoms with Crippen LogP contribution in [-0.2, 0) is 11.2 Å². The second-order valence-corrected chi connectivity index (χ2v) is 7.58. The lowest BCUT2D eigenvalue weighted by molar-refractivity contribution is 0.00752. The van der Waals surface area contributed by atoms with E-state index in [1.807, 2.05) is 12.1 Å². The van der Waals surface area contributed by atoms with Crippen LogP contribution in [0.15, 0.2) is 17.1 Å². The Hall–Kier alpha value is -2.19. The van der Waals surface area contributed by atoms with E-state index in [4.69, 9.17) is 18.9 Å². The van der Waals surface area contributed by atoms with Gasteiger partial charge in [-0.3, -0.25) is 9.89 Å². The predicted octanol–water partition coefficient (Wildman–Crippen LogP) is 1.78. The molecular weight excluding hydrogens is 384 g/mol. The number of methoxy groups -OCH3 is 3. The van der Waals surface area contributed by atoms with E-state index in [9.17, 15) is 0 Å². The molecule has 1 heterocycles. The molecule has 8 nitrogen and oxygen atoms in total. The number of guanidine groups is 1. The quantitative estimate of drug-likeness (QED) is 0.440. The number of nitrogens with zero attached hydrogens (tertiary/aromatic N) is 2. The van der Waals surface area contributed by atoms with Crippen molar-refractivity contribution in [2.75, 3.05) is 67.8 Å². The van der Waals surface area contributed by atoms with E-state index < -0.39 is 0 Å². The van der Waals surface area contributed by atoms with Crippen molar-refractivity contribution in [3.05, 3.63) is 17.7 Å². The van der Waals surface area contributed by atoms with Crippen LogP contribution in [0.5, 0.6) is 17.2 Å². The Morgan fingerprint density at radius 3 is 2.33 bits per heavy atom. The maximum absolute atomic E-state index is 5.57. The van der Waals surface area contributed by atoms with Crippen LogP contribution in [0.1, 0.15) is 19.4 Å². The number of rotatable bonds is 10. The Morgan fingerprint density at radius 2 is 1.77 bits per heavy atom. The third kappa shape index (κ3) is 6.40. The van der Waals surface area contributed by atoms with E-state index >= 15 is 0 Å². The van der Waals surface area contributed by atoms with Crippen molar-refractivity contribution in [1.29, 1.82) is 0 Å². The van der Waals surface area contributed by atoms with Crippen molar-refractivity contribution in [1.82, 2.24) is 15.5 Å². The number of aliphatic imine (C=N–C) groups is 1. The van der Waals surface area contributed by atoms with E-state index in [-0.39, 0.29) is 0 Å². The Kier molecular flexibility index (Phi) is 10.0. The molecule has 1 aromatic carbocycles. The van der Waals surface area contributed by atoms with Gasteiger partial charge in [0.15, 0.2) is 17.5 Å². The first kappa shape index (κ1) is 24.1. The molecule has 0 radical (unpaired) electrons. The first-order valence-corrected chi connectivity index (χ1v) is 10.6. The zero-order valence-corrected chi connectivity index (χ0v) is 19.3. The van der Waals surface area contributed by atoms with Crippen LogP contribution in [-0.4, -0.2) is 84.7 Å². The molecule has 2 N–H and O–H groups in total. The highest BCUT2D eigenvalue weighted by Crippen LogP contribution is 2.39. The highest BCUT2D eigenvalue weighted by Gasteiger charge is 2.24. The number of ether oxygens (including phenoxy) is 4.